The van der Waals surface area contributed by atoms with Crippen LogP contribution in [0.25, 0.3) is 0 Å². The summed E-state index contributed by atoms with van der Waals surface area (Å²) in [6, 6.07) is 0. The molecule has 0 rings (SSSR count). The molecule has 1 atom stereocenters. The van der Waals surface area contributed by atoms with Crippen LogP contribution in [0.1, 0.15) is 20.3 Å². The lowest BCUT2D eigenvalue weighted by molar-refractivity contribution is 0.00164. The quantitative estimate of drug-likeness (QED) is 0.512. The van der Waals surface area contributed by atoms with Gasteiger partial charge in [0.15, 0.2) is 0 Å². The van der Waals surface area contributed by atoms with E-state index in [0.29, 0.717) is 0 Å². The molecule has 43 valence electrons. The standard InChI is InChI=1S/C5H12NO/c1-4-5(2,6)7-3/h6H,4H2,1-3H3/t5-/m0/s1. The van der Waals surface area contributed by atoms with Gasteiger partial charge < -0.3 is 4.74 Å². The minimum Gasteiger partial charge on any atom is -0.363 e. The van der Waals surface area contributed by atoms with Gasteiger partial charge in [0.1, 0.15) is 5.72 Å². The van der Waals surface area contributed by atoms with E-state index >= 15 is 0 Å². The van der Waals surface area contributed by atoms with Crippen LogP contribution in [0.5, 0.6) is 0 Å². The molecular formula is C5H12NO. The third-order valence-electron chi connectivity index (χ3n) is 1.13. The van der Waals surface area contributed by atoms with E-state index in [-0.39, 0.29) is 0 Å². The maximum Gasteiger partial charge on any atom is 0.128 e. The lowest BCUT2D eigenvalue weighted by Gasteiger charge is -2.17. The topological polar surface area (TPSA) is 33.0 Å². The molecule has 0 aliphatic carbocycles. The zero-order valence-electron chi connectivity index (χ0n) is 5.12. The largest absolute Gasteiger partial charge is 0.363 e. The first-order valence-electron chi connectivity index (χ1n) is 2.42. The fourth-order valence-corrected chi connectivity index (χ4v) is 0.144. The molecule has 0 aromatic carbocycles. The van der Waals surface area contributed by atoms with E-state index in [1.165, 1.54) is 0 Å². The smallest absolute Gasteiger partial charge is 0.128 e. The van der Waals surface area contributed by atoms with E-state index in [1.54, 1.807) is 14.0 Å². The summed E-state index contributed by atoms with van der Waals surface area (Å²) in [6.45, 7) is 3.67. The molecule has 1 radical (unpaired) electrons. The summed E-state index contributed by atoms with van der Waals surface area (Å²) < 4.78 is 4.75. The summed E-state index contributed by atoms with van der Waals surface area (Å²) in [5, 5.41) is 0. The molecule has 0 heterocycles. The SMILES string of the molecule is CC[C@@](C)([NH])OC. The fourth-order valence-electron chi connectivity index (χ4n) is 0.144. The molecule has 7 heavy (non-hydrogen) atoms. The Morgan fingerprint density at radius 3 is 2.14 bits per heavy atom. The highest BCUT2D eigenvalue weighted by Gasteiger charge is 2.12. The third-order valence-corrected chi connectivity index (χ3v) is 1.13. The minimum atomic E-state index is -0.667. The first kappa shape index (κ1) is 6.92. The van der Waals surface area contributed by atoms with Gasteiger partial charge in [0.2, 0.25) is 0 Å². The van der Waals surface area contributed by atoms with Crippen LogP contribution < -0.4 is 5.73 Å². The molecule has 2 heteroatoms. The molecule has 2 nitrogen and oxygen atoms in total. The number of nitrogens with one attached hydrogen (secondary N) is 1. The monoisotopic (exact) mass is 102 g/mol. The van der Waals surface area contributed by atoms with Crippen molar-refractivity contribution in [2.75, 3.05) is 7.11 Å². The minimum absolute atomic E-state index is 0.667. The first-order chi connectivity index (χ1) is 3.12. The van der Waals surface area contributed by atoms with Crippen LogP contribution in [0.2, 0.25) is 0 Å². The van der Waals surface area contributed by atoms with Gasteiger partial charge in [-0.2, -0.15) is 0 Å². The van der Waals surface area contributed by atoms with Gasteiger partial charge >= 0.3 is 0 Å². The Balaban J connectivity index is 3.36. The van der Waals surface area contributed by atoms with E-state index in [1.807, 2.05) is 6.92 Å². The predicted octanol–water partition coefficient (Wildman–Crippen LogP) is 1.04. The Kier molecular flexibility index (Phi) is 2.26. The maximum atomic E-state index is 7.20. The van der Waals surface area contributed by atoms with E-state index in [4.69, 9.17) is 10.5 Å². The van der Waals surface area contributed by atoms with E-state index in [9.17, 15) is 0 Å². The van der Waals surface area contributed by atoms with Gasteiger partial charge in [0, 0.05) is 7.11 Å². The van der Waals surface area contributed by atoms with Crippen molar-refractivity contribution in [3.05, 3.63) is 0 Å². The van der Waals surface area contributed by atoms with Crippen molar-refractivity contribution in [1.82, 2.24) is 5.73 Å². The summed E-state index contributed by atoms with van der Waals surface area (Å²) in [6.07, 6.45) is 0.740. The van der Waals surface area contributed by atoms with Gasteiger partial charge in [0.25, 0.3) is 0 Å². The Labute approximate surface area is 44.7 Å². The Bertz CT molecular complexity index is 46.0. The van der Waals surface area contributed by atoms with Crippen LogP contribution in [-0.2, 0) is 4.74 Å². The molecule has 0 fully saturated rings. The molecule has 0 spiro atoms. The molecule has 0 aliphatic rings. The number of hydrogen-bond donors (Lipinski definition) is 0. The van der Waals surface area contributed by atoms with Gasteiger partial charge in [-0.15, -0.1) is 0 Å². The fraction of sp³-hybridized carbons (Fsp3) is 1.00. The maximum absolute atomic E-state index is 7.20. The summed E-state index contributed by atoms with van der Waals surface area (Å²) in [7, 11) is 1.55. The van der Waals surface area contributed by atoms with Gasteiger partial charge in [-0.05, 0) is 13.3 Å². The summed E-state index contributed by atoms with van der Waals surface area (Å²) >= 11 is 0. The van der Waals surface area contributed by atoms with Crippen molar-refractivity contribution in [3.8, 4) is 0 Å². The number of methoxy groups -OCH3 is 1. The van der Waals surface area contributed by atoms with E-state index in [2.05, 4.69) is 0 Å². The third kappa shape index (κ3) is 2.60. The molecule has 0 aromatic heterocycles. The molecule has 0 bridgehead atoms. The van der Waals surface area contributed by atoms with Crippen molar-refractivity contribution in [2.24, 2.45) is 0 Å². The van der Waals surface area contributed by atoms with Crippen LogP contribution in [0.15, 0.2) is 0 Å². The average molecular weight is 102 g/mol. The second-order valence-electron chi connectivity index (χ2n) is 1.79. The Morgan fingerprint density at radius 2 is 2.14 bits per heavy atom. The van der Waals surface area contributed by atoms with Crippen molar-refractivity contribution in [2.45, 2.75) is 26.0 Å². The van der Waals surface area contributed by atoms with Crippen LogP contribution in [0.4, 0.5) is 0 Å². The molecule has 0 aliphatic heterocycles. The van der Waals surface area contributed by atoms with Gasteiger partial charge in [-0.3, -0.25) is 0 Å². The van der Waals surface area contributed by atoms with Crippen LogP contribution in [0, 0.1) is 0 Å². The molecule has 0 unspecified atom stereocenters. The van der Waals surface area contributed by atoms with Crippen LogP contribution >= 0.6 is 0 Å². The summed E-state index contributed by atoms with van der Waals surface area (Å²) in [4.78, 5) is 0. The highest BCUT2D eigenvalue weighted by molar-refractivity contribution is 4.59. The normalized spacial score (nSPS) is 18.9. The van der Waals surface area contributed by atoms with E-state index < -0.39 is 5.72 Å². The lowest BCUT2D eigenvalue weighted by atomic mass is 10.2. The lowest BCUT2D eigenvalue weighted by Crippen LogP contribution is -2.26. The Morgan fingerprint density at radius 1 is 1.71 bits per heavy atom. The van der Waals surface area contributed by atoms with Crippen LogP contribution in [-0.4, -0.2) is 12.8 Å². The second-order valence-corrected chi connectivity index (χ2v) is 1.79. The average Bonchev–Trinajstić information content (AvgIpc) is 1.68. The number of ether oxygens (including phenoxy) is 1. The first-order valence-corrected chi connectivity index (χ1v) is 2.42. The zero-order valence-corrected chi connectivity index (χ0v) is 5.12. The highest BCUT2D eigenvalue weighted by atomic mass is 16.5. The Hall–Kier alpha value is -0.0800. The van der Waals surface area contributed by atoms with Gasteiger partial charge in [-0.1, -0.05) is 6.92 Å². The van der Waals surface area contributed by atoms with Crippen molar-refractivity contribution in [1.29, 1.82) is 0 Å². The van der Waals surface area contributed by atoms with Gasteiger partial charge in [0.05, 0.1) is 0 Å². The highest BCUT2D eigenvalue weighted by Crippen LogP contribution is 2.05. The van der Waals surface area contributed by atoms with Crippen molar-refractivity contribution in [3.63, 3.8) is 0 Å². The molecule has 0 aromatic rings. The molecule has 0 saturated carbocycles. The second kappa shape index (κ2) is 2.28. The molecule has 1 N–H and O–H groups in total. The summed E-state index contributed by atoms with van der Waals surface area (Å²) in [5.74, 6) is 0. The van der Waals surface area contributed by atoms with E-state index in [0.717, 1.165) is 6.42 Å². The van der Waals surface area contributed by atoms with Crippen molar-refractivity contribution < 1.29 is 4.74 Å². The molecular weight excluding hydrogens is 90.1 g/mol. The van der Waals surface area contributed by atoms with Gasteiger partial charge in [-0.25, -0.2) is 5.73 Å². The van der Waals surface area contributed by atoms with Crippen molar-refractivity contribution >= 4 is 0 Å². The molecule has 0 saturated heterocycles. The zero-order chi connectivity index (χ0) is 5.91. The number of rotatable bonds is 2. The predicted molar refractivity (Wildman–Crippen MR) is 28.8 cm³/mol. The molecule has 0 amide bonds. The number of hydrogen-bond acceptors (Lipinski definition) is 1. The summed E-state index contributed by atoms with van der Waals surface area (Å²) in [5.41, 5.74) is 6.53. The van der Waals surface area contributed by atoms with Crippen LogP contribution in [0.3, 0.4) is 0 Å².